The summed E-state index contributed by atoms with van der Waals surface area (Å²) in [6.07, 6.45) is 0. The van der Waals surface area contributed by atoms with Gasteiger partial charge in [0.05, 0.1) is 18.5 Å². The molecular weight excluding hydrogens is 228 g/mol. The highest BCUT2D eigenvalue weighted by Crippen LogP contribution is 2.28. The highest BCUT2D eigenvalue weighted by Gasteiger charge is 2.07. The minimum absolute atomic E-state index is 0.0748. The Morgan fingerprint density at radius 3 is 2.41 bits per heavy atom. The fourth-order valence-corrected chi connectivity index (χ4v) is 1.16. The van der Waals surface area contributed by atoms with Crippen molar-refractivity contribution in [1.82, 2.24) is 0 Å². The highest BCUT2D eigenvalue weighted by molar-refractivity contribution is 5.86. The lowest BCUT2D eigenvalue weighted by Gasteiger charge is -2.13. The number of aromatic carboxylic acids is 1. The van der Waals surface area contributed by atoms with Crippen molar-refractivity contribution in [2.75, 3.05) is 13.2 Å². The lowest BCUT2D eigenvalue weighted by atomic mass is 10.2. The van der Waals surface area contributed by atoms with Gasteiger partial charge in [0.2, 0.25) is 0 Å². The Balaban J connectivity index is 2.95. The van der Waals surface area contributed by atoms with Crippen LogP contribution in [0.5, 0.6) is 11.5 Å². The molecule has 0 saturated heterocycles. The van der Waals surface area contributed by atoms with Gasteiger partial charge in [-0.05, 0) is 25.1 Å². The third-order valence-electron chi connectivity index (χ3n) is 1.82. The molecule has 0 atom stereocenters. The molecule has 92 valence electrons. The third kappa shape index (κ3) is 3.67. The van der Waals surface area contributed by atoms with Crippen molar-refractivity contribution in [2.45, 2.75) is 6.92 Å². The lowest BCUT2D eigenvalue weighted by Crippen LogP contribution is -2.29. The van der Waals surface area contributed by atoms with Crippen molar-refractivity contribution < 1.29 is 29.3 Å². The predicted octanol–water partition coefficient (Wildman–Crippen LogP) is -1.42. The van der Waals surface area contributed by atoms with E-state index in [0.29, 0.717) is 0 Å². The average molecular weight is 238 g/mol. The largest absolute Gasteiger partial charge is 0.546 e. The lowest BCUT2D eigenvalue weighted by molar-refractivity contribution is -0.307. The van der Waals surface area contributed by atoms with E-state index in [2.05, 4.69) is 0 Å². The summed E-state index contributed by atoms with van der Waals surface area (Å²) in [6, 6.07) is 3.75. The first-order valence-electron chi connectivity index (χ1n) is 4.85. The van der Waals surface area contributed by atoms with E-state index in [9.17, 15) is 19.8 Å². The molecule has 0 fully saturated rings. The molecular formula is C11H10O6-2. The number of rotatable bonds is 6. The number of aliphatic carboxylic acids is 1. The number of hydrogen-bond donors (Lipinski definition) is 0. The van der Waals surface area contributed by atoms with Gasteiger partial charge in [0.15, 0.2) is 11.5 Å². The average Bonchev–Trinajstić information content (AvgIpc) is 2.27. The van der Waals surface area contributed by atoms with E-state index < -0.39 is 18.5 Å². The minimum atomic E-state index is -1.38. The van der Waals surface area contributed by atoms with E-state index >= 15 is 0 Å². The van der Waals surface area contributed by atoms with Gasteiger partial charge >= 0.3 is 0 Å². The molecule has 0 saturated carbocycles. The maximum absolute atomic E-state index is 10.6. The van der Waals surface area contributed by atoms with Crippen LogP contribution in [0.25, 0.3) is 0 Å². The van der Waals surface area contributed by atoms with Crippen LogP contribution in [0.15, 0.2) is 18.2 Å². The molecule has 0 unspecified atom stereocenters. The first-order valence-corrected chi connectivity index (χ1v) is 4.85. The summed E-state index contributed by atoms with van der Waals surface area (Å²) in [5.41, 5.74) is -0.0748. The zero-order valence-electron chi connectivity index (χ0n) is 9.10. The van der Waals surface area contributed by atoms with Crippen molar-refractivity contribution in [3.63, 3.8) is 0 Å². The summed E-state index contributed by atoms with van der Waals surface area (Å²) in [5.74, 6) is -2.44. The molecule has 0 aromatic heterocycles. The van der Waals surface area contributed by atoms with Crippen LogP contribution in [-0.4, -0.2) is 25.2 Å². The van der Waals surface area contributed by atoms with Crippen molar-refractivity contribution in [1.29, 1.82) is 0 Å². The number of hydrogen-bond acceptors (Lipinski definition) is 6. The molecule has 0 radical (unpaired) electrons. The number of carboxylic acids is 2. The number of ether oxygens (including phenoxy) is 2. The second-order valence-electron chi connectivity index (χ2n) is 3.04. The Morgan fingerprint density at radius 1 is 1.18 bits per heavy atom. The van der Waals surface area contributed by atoms with Crippen LogP contribution < -0.4 is 19.7 Å². The summed E-state index contributed by atoms with van der Waals surface area (Å²) < 4.78 is 10.0. The summed E-state index contributed by atoms with van der Waals surface area (Å²) in [4.78, 5) is 20.9. The zero-order valence-corrected chi connectivity index (χ0v) is 9.10. The topological polar surface area (TPSA) is 98.7 Å². The molecule has 0 bridgehead atoms. The van der Waals surface area contributed by atoms with Gasteiger partial charge in [0, 0.05) is 5.56 Å². The van der Waals surface area contributed by atoms with E-state index in [1.54, 1.807) is 6.92 Å². The van der Waals surface area contributed by atoms with Gasteiger partial charge in [-0.15, -0.1) is 0 Å². The van der Waals surface area contributed by atoms with Gasteiger partial charge in [0.1, 0.15) is 6.61 Å². The van der Waals surface area contributed by atoms with Crippen molar-refractivity contribution >= 4 is 11.9 Å². The fourth-order valence-electron chi connectivity index (χ4n) is 1.16. The van der Waals surface area contributed by atoms with Crippen LogP contribution in [0, 0.1) is 0 Å². The van der Waals surface area contributed by atoms with Gasteiger partial charge in [0.25, 0.3) is 0 Å². The van der Waals surface area contributed by atoms with Crippen molar-refractivity contribution in [3.05, 3.63) is 23.8 Å². The van der Waals surface area contributed by atoms with E-state index in [0.717, 1.165) is 0 Å². The number of carbonyl (C=O) groups is 2. The number of carboxylic acid groups (broad SMARTS) is 2. The minimum Gasteiger partial charge on any atom is -0.546 e. The molecule has 0 aliphatic rings. The van der Waals surface area contributed by atoms with Crippen molar-refractivity contribution in [2.24, 2.45) is 0 Å². The first-order chi connectivity index (χ1) is 8.04. The maximum Gasteiger partial charge on any atom is 0.161 e. The molecule has 0 spiro atoms. The SMILES string of the molecule is CCOc1cc(C(=O)[O-])ccc1OCC(=O)[O-]. The van der Waals surface area contributed by atoms with Gasteiger partial charge in [-0.25, -0.2) is 0 Å². The zero-order chi connectivity index (χ0) is 12.8. The molecule has 1 aromatic carbocycles. The molecule has 1 rings (SSSR count). The summed E-state index contributed by atoms with van der Waals surface area (Å²) in [7, 11) is 0. The molecule has 17 heavy (non-hydrogen) atoms. The van der Waals surface area contributed by atoms with Gasteiger partial charge in [-0.1, -0.05) is 0 Å². The van der Waals surface area contributed by atoms with Crippen molar-refractivity contribution in [3.8, 4) is 11.5 Å². The maximum atomic E-state index is 10.6. The van der Waals surface area contributed by atoms with Gasteiger partial charge in [-0.3, -0.25) is 0 Å². The van der Waals surface area contributed by atoms with Crippen LogP contribution in [0.3, 0.4) is 0 Å². The molecule has 6 heteroatoms. The van der Waals surface area contributed by atoms with Crippen LogP contribution >= 0.6 is 0 Å². The van der Waals surface area contributed by atoms with E-state index in [1.165, 1.54) is 18.2 Å². The summed E-state index contributed by atoms with van der Waals surface area (Å²) >= 11 is 0. The molecule has 0 aliphatic heterocycles. The van der Waals surface area contributed by atoms with Gasteiger partial charge < -0.3 is 29.3 Å². The van der Waals surface area contributed by atoms with Crippen LogP contribution in [0.4, 0.5) is 0 Å². The molecule has 0 amide bonds. The van der Waals surface area contributed by atoms with E-state index in [4.69, 9.17) is 9.47 Å². The van der Waals surface area contributed by atoms with Crippen LogP contribution in [-0.2, 0) is 4.79 Å². The summed E-state index contributed by atoms with van der Waals surface area (Å²) in [5, 5.41) is 20.9. The quantitative estimate of drug-likeness (QED) is 0.603. The second kappa shape index (κ2) is 5.74. The smallest absolute Gasteiger partial charge is 0.161 e. The Kier molecular flexibility index (Phi) is 4.33. The van der Waals surface area contributed by atoms with E-state index in [1.807, 2.05) is 0 Å². The monoisotopic (exact) mass is 238 g/mol. The van der Waals surface area contributed by atoms with Gasteiger partial charge in [-0.2, -0.15) is 0 Å². The Hall–Kier alpha value is -2.24. The Morgan fingerprint density at radius 2 is 1.88 bits per heavy atom. The summed E-state index contributed by atoms with van der Waals surface area (Å²) in [6.45, 7) is 1.36. The number of benzene rings is 1. The standard InChI is InChI=1S/C11H12O6/c1-2-16-9-5-7(11(14)15)3-4-8(9)17-6-10(12)13/h3-5H,2,6H2,1H3,(H,12,13)(H,14,15)/p-2. The predicted molar refractivity (Wildman–Crippen MR) is 52.4 cm³/mol. The molecule has 0 heterocycles. The molecule has 6 nitrogen and oxygen atoms in total. The Bertz CT molecular complexity index is 426. The Labute approximate surface area is 97.4 Å². The van der Waals surface area contributed by atoms with Crippen LogP contribution in [0.2, 0.25) is 0 Å². The third-order valence-corrected chi connectivity index (χ3v) is 1.82. The number of carbonyl (C=O) groups excluding carboxylic acids is 2. The normalized spacial score (nSPS) is 9.71. The highest BCUT2D eigenvalue weighted by atomic mass is 16.5. The molecule has 1 aromatic rings. The van der Waals surface area contributed by atoms with E-state index in [-0.39, 0.29) is 23.7 Å². The molecule has 0 N–H and O–H groups in total. The first kappa shape index (κ1) is 12.8. The fraction of sp³-hybridized carbons (Fsp3) is 0.273. The second-order valence-corrected chi connectivity index (χ2v) is 3.04. The van der Waals surface area contributed by atoms with Crippen LogP contribution in [0.1, 0.15) is 17.3 Å². The molecule has 0 aliphatic carbocycles.